The van der Waals surface area contributed by atoms with E-state index >= 15 is 0 Å². The first-order chi connectivity index (χ1) is 13.5. The Labute approximate surface area is 174 Å². The van der Waals surface area contributed by atoms with Crippen LogP contribution < -0.4 is 0 Å². The molecule has 140 valence electrons. The molecule has 0 bridgehead atoms. The van der Waals surface area contributed by atoms with E-state index in [0.29, 0.717) is 32.3 Å². The number of halogens is 2. The second-order valence-corrected chi connectivity index (χ2v) is 7.59. The Kier molecular flexibility index (Phi) is 5.17. The number of H-pyrrole nitrogens is 1. The number of aliphatic carboxylic acids is 1. The Morgan fingerprint density at radius 3 is 2.71 bits per heavy atom. The van der Waals surface area contributed by atoms with E-state index in [1.807, 2.05) is 24.3 Å². The lowest BCUT2D eigenvalue weighted by molar-refractivity contribution is -0.131. The van der Waals surface area contributed by atoms with Crippen LogP contribution >= 0.6 is 35.0 Å². The topological polar surface area (TPSA) is 79.1 Å². The highest BCUT2D eigenvalue weighted by Gasteiger charge is 2.15. The van der Waals surface area contributed by atoms with E-state index in [-0.39, 0.29) is 4.91 Å². The Hall–Kier alpha value is -2.67. The smallest absolute Gasteiger partial charge is 0.342 e. The van der Waals surface area contributed by atoms with Crippen molar-refractivity contribution in [1.82, 2.24) is 9.97 Å². The number of aromatic amines is 1. The second-order valence-electron chi connectivity index (χ2n) is 5.78. The highest BCUT2D eigenvalue weighted by Crippen LogP contribution is 2.35. The number of nitrogens with one attached hydrogen (secondary N) is 1. The lowest BCUT2D eigenvalue weighted by Crippen LogP contribution is -1.96. The van der Waals surface area contributed by atoms with Gasteiger partial charge in [-0.05, 0) is 48.2 Å². The maximum Gasteiger partial charge on any atom is 0.342 e. The molecule has 0 amide bonds. The molecule has 0 saturated carbocycles. The number of rotatable bonds is 5. The van der Waals surface area contributed by atoms with Gasteiger partial charge in [-0.3, -0.25) is 0 Å². The van der Waals surface area contributed by atoms with E-state index < -0.39 is 5.97 Å². The third-order valence-electron chi connectivity index (χ3n) is 3.90. The van der Waals surface area contributed by atoms with Crippen LogP contribution in [0.25, 0.3) is 28.4 Å². The van der Waals surface area contributed by atoms with Gasteiger partial charge in [-0.1, -0.05) is 41.4 Å². The number of benzene rings is 2. The van der Waals surface area contributed by atoms with Crippen LogP contribution in [-0.2, 0) is 4.79 Å². The first-order valence-corrected chi connectivity index (χ1v) is 9.70. The summed E-state index contributed by atoms with van der Waals surface area (Å²) in [4.78, 5) is 19.2. The molecule has 0 aliphatic carbocycles. The Morgan fingerprint density at radius 2 is 1.93 bits per heavy atom. The van der Waals surface area contributed by atoms with Crippen molar-refractivity contribution in [2.75, 3.05) is 0 Å². The van der Waals surface area contributed by atoms with Crippen LogP contribution in [0.2, 0.25) is 10.0 Å². The maximum atomic E-state index is 11.7. The largest absolute Gasteiger partial charge is 0.477 e. The van der Waals surface area contributed by atoms with Crippen LogP contribution in [0.1, 0.15) is 5.76 Å². The number of para-hydroxylation sites is 2. The van der Waals surface area contributed by atoms with Gasteiger partial charge in [-0.15, -0.1) is 0 Å². The van der Waals surface area contributed by atoms with Crippen molar-refractivity contribution < 1.29 is 14.3 Å². The van der Waals surface area contributed by atoms with Crippen LogP contribution in [0.3, 0.4) is 0 Å². The number of nitrogens with zero attached hydrogens (tertiary/aromatic N) is 1. The molecule has 2 aromatic carbocycles. The highest BCUT2D eigenvalue weighted by atomic mass is 35.5. The van der Waals surface area contributed by atoms with E-state index in [0.717, 1.165) is 22.8 Å². The molecule has 0 atom stereocenters. The summed E-state index contributed by atoms with van der Waals surface area (Å²) in [7, 11) is 0. The van der Waals surface area contributed by atoms with Crippen molar-refractivity contribution >= 4 is 58.0 Å². The van der Waals surface area contributed by atoms with E-state index in [1.54, 1.807) is 30.3 Å². The average Bonchev–Trinajstić information content (AvgIpc) is 3.29. The lowest BCUT2D eigenvalue weighted by atomic mass is 10.2. The van der Waals surface area contributed by atoms with Crippen molar-refractivity contribution in [1.29, 1.82) is 0 Å². The molecule has 0 saturated heterocycles. The number of carbonyl (C=O) groups is 1. The molecule has 0 fully saturated rings. The minimum absolute atomic E-state index is 0.0668. The average molecular weight is 431 g/mol. The van der Waals surface area contributed by atoms with Gasteiger partial charge < -0.3 is 14.5 Å². The van der Waals surface area contributed by atoms with Crippen LogP contribution in [0.4, 0.5) is 0 Å². The quantitative estimate of drug-likeness (QED) is 0.284. The van der Waals surface area contributed by atoms with Crippen molar-refractivity contribution in [3.8, 4) is 11.3 Å². The van der Waals surface area contributed by atoms with Gasteiger partial charge in [0.1, 0.15) is 16.4 Å². The molecule has 2 heterocycles. The fourth-order valence-corrected chi connectivity index (χ4v) is 3.78. The summed E-state index contributed by atoms with van der Waals surface area (Å²) >= 11 is 13.3. The monoisotopic (exact) mass is 430 g/mol. The van der Waals surface area contributed by atoms with Gasteiger partial charge in [0.2, 0.25) is 0 Å². The Bertz CT molecular complexity index is 1180. The highest BCUT2D eigenvalue weighted by molar-refractivity contribution is 8.04. The molecule has 0 aliphatic rings. The number of aromatic nitrogens is 2. The molecule has 2 aromatic heterocycles. The summed E-state index contributed by atoms with van der Waals surface area (Å²) in [6, 6.07) is 16.1. The standard InChI is InChI=1S/C20H12Cl2N2O3S/c21-13-5-3-4-12(18(13)22)16-9-8-11(27-16)10-17(19(25)26)28-20-23-14-6-1-2-7-15(14)24-20/h1-10H,(H,23,24)(H,25,26)/b17-10-. The predicted molar refractivity (Wildman–Crippen MR) is 112 cm³/mol. The first-order valence-electron chi connectivity index (χ1n) is 8.13. The van der Waals surface area contributed by atoms with Crippen molar-refractivity contribution in [3.05, 3.63) is 75.3 Å². The molecule has 4 rings (SSSR count). The summed E-state index contributed by atoms with van der Waals surface area (Å²) in [5.74, 6) is -0.200. The third kappa shape index (κ3) is 3.80. The molecule has 0 unspecified atom stereocenters. The third-order valence-corrected chi connectivity index (χ3v) is 5.62. The van der Waals surface area contributed by atoms with Gasteiger partial charge in [0.25, 0.3) is 0 Å². The first kappa shape index (κ1) is 18.7. The van der Waals surface area contributed by atoms with E-state index in [9.17, 15) is 9.90 Å². The van der Waals surface area contributed by atoms with Crippen LogP contribution in [0.5, 0.6) is 0 Å². The zero-order valence-electron chi connectivity index (χ0n) is 14.1. The van der Waals surface area contributed by atoms with Gasteiger partial charge in [-0.2, -0.15) is 0 Å². The fraction of sp³-hybridized carbons (Fsp3) is 0. The van der Waals surface area contributed by atoms with Gasteiger partial charge in [0.05, 0.1) is 21.1 Å². The normalized spacial score (nSPS) is 11.9. The summed E-state index contributed by atoms with van der Waals surface area (Å²) in [5.41, 5.74) is 2.24. The van der Waals surface area contributed by atoms with E-state index in [2.05, 4.69) is 9.97 Å². The predicted octanol–water partition coefficient (Wildman–Crippen LogP) is 6.35. The zero-order valence-corrected chi connectivity index (χ0v) is 16.5. The van der Waals surface area contributed by atoms with Gasteiger partial charge >= 0.3 is 5.97 Å². The van der Waals surface area contributed by atoms with Crippen LogP contribution in [0, 0.1) is 0 Å². The van der Waals surface area contributed by atoms with E-state index in [4.69, 9.17) is 27.6 Å². The molecular formula is C20H12Cl2N2O3S. The van der Waals surface area contributed by atoms with Crippen molar-refractivity contribution in [2.24, 2.45) is 0 Å². The van der Waals surface area contributed by atoms with Crippen molar-refractivity contribution in [3.63, 3.8) is 0 Å². The summed E-state index contributed by atoms with van der Waals surface area (Å²) in [6.45, 7) is 0. The second kappa shape index (κ2) is 7.75. The number of thioether (sulfide) groups is 1. The molecule has 0 aliphatic heterocycles. The molecular weight excluding hydrogens is 419 g/mol. The molecule has 4 aromatic rings. The summed E-state index contributed by atoms with van der Waals surface area (Å²) in [5, 5.41) is 10.8. The van der Waals surface area contributed by atoms with Crippen molar-refractivity contribution in [2.45, 2.75) is 5.16 Å². The zero-order chi connectivity index (χ0) is 19.7. The lowest BCUT2D eigenvalue weighted by Gasteiger charge is -2.02. The molecule has 5 nitrogen and oxygen atoms in total. The molecule has 0 spiro atoms. The SMILES string of the molecule is O=C(O)/C(=C/c1ccc(-c2cccc(Cl)c2Cl)o1)Sc1nc2ccccc2[nH]1. The number of fused-ring (bicyclic) bond motifs is 1. The summed E-state index contributed by atoms with van der Waals surface area (Å²) < 4.78 is 5.76. The number of carboxylic acid groups (broad SMARTS) is 1. The summed E-state index contributed by atoms with van der Waals surface area (Å²) in [6.07, 6.45) is 1.45. The van der Waals surface area contributed by atoms with Crippen LogP contribution in [-0.4, -0.2) is 21.0 Å². The van der Waals surface area contributed by atoms with Gasteiger partial charge in [0, 0.05) is 11.6 Å². The number of carboxylic acids is 1. The minimum Gasteiger partial charge on any atom is -0.477 e. The number of hydrogen-bond acceptors (Lipinski definition) is 4. The molecule has 8 heteroatoms. The Balaban J connectivity index is 1.64. The maximum absolute atomic E-state index is 11.7. The van der Waals surface area contributed by atoms with Crippen LogP contribution in [0.15, 0.2) is 69.1 Å². The Morgan fingerprint density at radius 1 is 1.11 bits per heavy atom. The van der Waals surface area contributed by atoms with Gasteiger partial charge in [0.15, 0.2) is 5.16 Å². The number of hydrogen-bond donors (Lipinski definition) is 2. The number of furan rings is 1. The van der Waals surface area contributed by atoms with Gasteiger partial charge in [-0.25, -0.2) is 9.78 Å². The van der Waals surface area contributed by atoms with E-state index in [1.165, 1.54) is 6.08 Å². The molecule has 0 radical (unpaired) electrons. The molecule has 28 heavy (non-hydrogen) atoms. The molecule has 2 N–H and O–H groups in total. The minimum atomic E-state index is -1.08. The number of imidazole rings is 1. The fourth-order valence-electron chi connectivity index (χ4n) is 2.62.